The van der Waals surface area contributed by atoms with Crippen molar-refractivity contribution >= 4 is 0 Å². The largest absolute Gasteiger partial charge is 0.490 e. The second kappa shape index (κ2) is 4.33. The van der Waals surface area contributed by atoms with E-state index in [9.17, 15) is 13.2 Å². The number of aromatic nitrogens is 2. The lowest BCUT2D eigenvalue weighted by atomic mass is 10.4. The van der Waals surface area contributed by atoms with E-state index in [2.05, 4.69) is 14.7 Å². The van der Waals surface area contributed by atoms with Gasteiger partial charge in [0.2, 0.25) is 5.75 Å². The number of hydrogen-bond acceptors (Lipinski definition) is 4. The van der Waals surface area contributed by atoms with E-state index >= 15 is 0 Å². The lowest BCUT2D eigenvalue weighted by Gasteiger charge is -2.11. The maximum absolute atomic E-state index is 11.9. The van der Waals surface area contributed by atoms with Crippen LogP contribution in [0, 0.1) is 6.92 Å². The number of rotatable bonds is 3. The van der Waals surface area contributed by atoms with Crippen molar-refractivity contribution in [3.8, 4) is 11.6 Å². The van der Waals surface area contributed by atoms with Crippen LogP contribution in [0.4, 0.5) is 13.2 Å². The molecule has 0 unspecified atom stereocenters. The highest BCUT2D eigenvalue weighted by atomic mass is 19.4. The molecule has 84 valence electrons. The summed E-state index contributed by atoms with van der Waals surface area (Å²) in [4.78, 5) is 7.31. The summed E-state index contributed by atoms with van der Waals surface area (Å²) in [5.74, 6) is -0.0934. The Hall–Kier alpha value is -1.53. The van der Waals surface area contributed by atoms with Crippen molar-refractivity contribution in [1.82, 2.24) is 9.97 Å². The van der Waals surface area contributed by atoms with Crippen LogP contribution in [0.3, 0.4) is 0 Å². The van der Waals surface area contributed by atoms with Gasteiger partial charge in [0.15, 0.2) is 6.61 Å². The zero-order valence-electron chi connectivity index (χ0n) is 8.13. The number of aryl methyl sites for hydroxylation is 1. The summed E-state index contributed by atoms with van der Waals surface area (Å²) in [5.41, 5.74) is 0.421. The molecule has 0 N–H and O–H groups in total. The first kappa shape index (κ1) is 11.5. The molecule has 0 amide bonds. The molecular weight excluding hydrogens is 213 g/mol. The Labute approximate surface area is 84.1 Å². The average molecular weight is 222 g/mol. The van der Waals surface area contributed by atoms with Crippen molar-refractivity contribution < 1.29 is 22.6 Å². The van der Waals surface area contributed by atoms with Gasteiger partial charge in [-0.3, -0.25) is 0 Å². The molecule has 1 rings (SSSR count). The number of ether oxygens (including phenoxy) is 2. The Kier molecular flexibility index (Phi) is 3.33. The van der Waals surface area contributed by atoms with Gasteiger partial charge in [-0.15, -0.1) is 0 Å². The Bertz CT molecular complexity index is 341. The average Bonchev–Trinajstić information content (AvgIpc) is 2.13. The first-order valence-electron chi connectivity index (χ1n) is 3.99. The smallest absolute Gasteiger partial charge is 0.422 e. The summed E-state index contributed by atoms with van der Waals surface area (Å²) in [6.07, 6.45) is -3.28. The van der Waals surface area contributed by atoms with Gasteiger partial charge in [-0.1, -0.05) is 0 Å². The predicted octanol–water partition coefficient (Wildman–Crippen LogP) is 1.73. The zero-order valence-corrected chi connectivity index (χ0v) is 8.13. The molecule has 0 aromatic carbocycles. The second-order valence-corrected chi connectivity index (χ2v) is 2.70. The second-order valence-electron chi connectivity index (χ2n) is 2.70. The van der Waals surface area contributed by atoms with Gasteiger partial charge < -0.3 is 9.47 Å². The number of halogens is 3. The van der Waals surface area contributed by atoms with Gasteiger partial charge in [-0.05, 0) is 6.92 Å². The van der Waals surface area contributed by atoms with Gasteiger partial charge in [-0.2, -0.15) is 18.2 Å². The minimum atomic E-state index is -4.40. The lowest BCUT2D eigenvalue weighted by molar-refractivity contribution is -0.154. The minimum absolute atomic E-state index is 0.113. The molecule has 1 aromatic rings. The van der Waals surface area contributed by atoms with Crippen molar-refractivity contribution in [1.29, 1.82) is 0 Å². The minimum Gasteiger partial charge on any atom is -0.490 e. The Morgan fingerprint density at radius 3 is 2.53 bits per heavy atom. The van der Waals surface area contributed by atoms with Crippen LogP contribution in [0.25, 0.3) is 0 Å². The third-order valence-electron chi connectivity index (χ3n) is 1.53. The summed E-state index contributed by atoms with van der Waals surface area (Å²) < 4.78 is 44.9. The van der Waals surface area contributed by atoms with Crippen molar-refractivity contribution in [3.05, 3.63) is 12.0 Å². The molecule has 0 atom stereocenters. The topological polar surface area (TPSA) is 44.2 Å². The molecule has 0 saturated carbocycles. The van der Waals surface area contributed by atoms with Crippen molar-refractivity contribution in [3.63, 3.8) is 0 Å². The number of nitrogens with zero attached hydrogens (tertiary/aromatic N) is 2. The first-order chi connectivity index (χ1) is 6.94. The van der Waals surface area contributed by atoms with Gasteiger partial charge in [0.05, 0.1) is 12.8 Å². The number of methoxy groups -OCH3 is 1. The highest BCUT2D eigenvalue weighted by Crippen LogP contribution is 2.27. The standard InChI is InChI=1S/C8H9F3N2O2/c1-5-6(14-2)7(13-4-12-5)15-3-8(9,10)11/h4H,3H2,1-2H3. The van der Waals surface area contributed by atoms with Gasteiger partial charge in [-0.25, -0.2) is 4.98 Å². The van der Waals surface area contributed by atoms with Gasteiger partial charge in [0.25, 0.3) is 5.88 Å². The van der Waals surface area contributed by atoms with E-state index in [1.165, 1.54) is 7.11 Å². The molecule has 1 heterocycles. The number of alkyl halides is 3. The molecule has 0 spiro atoms. The van der Waals surface area contributed by atoms with E-state index in [-0.39, 0.29) is 11.6 Å². The molecule has 0 fully saturated rings. The zero-order chi connectivity index (χ0) is 11.5. The SMILES string of the molecule is COc1c(C)ncnc1OCC(F)(F)F. The molecule has 0 bridgehead atoms. The van der Waals surface area contributed by atoms with Crippen LogP contribution in [0.15, 0.2) is 6.33 Å². The molecule has 4 nitrogen and oxygen atoms in total. The number of hydrogen-bond donors (Lipinski definition) is 0. The Balaban J connectivity index is 2.81. The van der Waals surface area contributed by atoms with Crippen LogP contribution in [0.2, 0.25) is 0 Å². The molecular formula is C8H9F3N2O2. The summed E-state index contributed by atoms with van der Waals surface area (Å²) in [6, 6.07) is 0. The fourth-order valence-electron chi connectivity index (χ4n) is 0.928. The fourth-order valence-corrected chi connectivity index (χ4v) is 0.928. The highest BCUT2D eigenvalue weighted by molar-refractivity contribution is 5.36. The van der Waals surface area contributed by atoms with E-state index in [1.54, 1.807) is 6.92 Å². The van der Waals surface area contributed by atoms with Gasteiger partial charge in [0.1, 0.15) is 6.33 Å². The quantitative estimate of drug-likeness (QED) is 0.781. The maximum atomic E-state index is 11.9. The third-order valence-corrected chi connectivity index (χ3v) is 1.53. The highest BCUT2D eigenvalue weighted by Gasteiger charge is 2.29. The maximum Gasteiger partial charge on any atom is 0.422 e. The van der Waals surface area contributed by atoms with Crippen LogP contribution in [-0.2, 0) is 0 Å². The molecule has 0 radical (unpaired) electrons. The Morgan fingerprint density at radius 2 is 2.00 bits per heavy atom. The van der Waals surface area contributed by atoms with Gasteiger partial charge in [0, 0.05) is 0 Å². The van der Waals surface area contributed by atoms with Crippen LogP contribution in [0.1, 0.15) is 5.69 Å². The van der Waals surface area contributed by atoms with Crippen LogP contribution in [-0.4, -0.2) is 29.9 Å². The van der Waals surface area contributed by atoms with Crippen LogP contribution >= 0.6 is 0 Å². The molecule has 0 saturated heterocycles. The van der Waals surface area contributed by atoms with Crippen molar-refractivity contribution in [2.45, 2.75) is 13.1 Å². The van der Waals surface area contributed by atoms with Crippen molar-refractivity contribution in [2.24, 2.45) is 0 Å². The third kappa shape index (κ3) is 3.26. The van der Waals surface area contributed by atoms with E-state index in [0.717, 1.165) is 6.33 Å². The van der Waals surface area contributed by atoms with E-state index in [4.69, 9.17) is 4.74 Å². The first-order valence-corrected chi connectivity index (χ1v) is 3.99. The summed E-state index contributed by atoms with van der Waals surface area (Å²) in [7, 11) is 1.31. The van der Waals surface area contributed by atoms with Crippen LogP contribution < -0.4 is 9.47 Å². The predicted molar refractivity (Wildman–Crippen MR) is 44.9 cm³/mol. The summed E-state index contributed by atoms with van der Waals surface area (Å²) in [5, 5.41) is 0. The van der Waals surface area contributed by atoms with Gasteiger partial charge >= 0.3 is 6.18 Å². The molecule has 0 aliphatic heterocycles. The molecule has 15 heavy (non-hydrogen) atoms. The summed E-state index contributed by atoms with van der Waals surface area (Å²) in [6.45, 7) is 0.181. The van der Waals surface area contributed by atoms with E-state index < -0.39 is 12.8 Å². The van der Waals surface area contributed by atoms with Crippen molar-refractivity contribution in [2.75, 3.05) is 13.7 Å². The normalized spacial score (nSPS) is 11.3. The molecule has 0 aliphatic carbocycles. The Morgan fingerprint density at radius 1 is 1.33 bits per heavy atom. The molecule has 1 aromatic heterocycles. The van der Waals surface area contributed by atoms with Crippen LogP contribution in [0.5, 0.6) is 11.6 Å². The fraction of sp³-hybridized carbons (Fsp3) is 0.500. The van der Waals surface area contributed by atoms with E-state index in [0.29, 0.717) is 5.69 Å². The lowest BCUT2D eigenvalue weighted by Crippen LogP contribution is -2.20. The monoisotopic (exact) mass is 222 g/mol. The molecule has 7 heteroatoms. The van der Waals surface area contributed by atoms with E-state index in [1.807, 2.05) is 0 Å². The molecule has 0 aliphatic rings. The summed E-state index contributed by atoms with van der Waals surface area (Å²) >= 11 is 0.